The van der Waals surface area contributed by atoms with Crippen molar-refractivity contribution in [3.8, 4) is 0 Å². The highest BCUT2D eigenvalue weighted by Crippen LogP contribution is 2.25. The molecule has 4 rings (SSSR count). The first-order valence-electron chi connectivity index (χ1n) is 9.29. The standard InChI is InChI=1S/C19H23N5O2S/c25-18(15-4-2-8-21-15)22-17-6-5-16(27-17)19(26)24-11-9-23(10-12-24)14-3-1-7-20-13-14/h1,3,5-7,13,15,21H,2,4,8-12H2,(H,22,25). The Bertz CT molecular complexity index is 795. The number of rotatable bonds is 4. The molecule has 2 fully saturated rings. The van der Waals surface area contributed by atoms with Gasteiger partial charge in [0.05, 0.1) is 27.8 Å². The van der Waals surface area contributed by atoms with Gasteiger partial charge < -0.3 is 20.4 Å². The molecule has 7 nitrogen and oxygen atoms in total. The second-order valence-electron chi connectivity index (χ2n) is 6.79. The minimum atomic E-state index is -0.119. The van der Waals surface area contributed by atoms with Crippen LogP contribution in [0.1, 0.15) is 22.5 Å². The van der Waals surface area contributed by atoms with Crippen molar-refractivity contribution in [1.29, 1.82) is 0 Å². The molecule has 0 radical (unpaired) electrons. The molecule has 1 unspecified atom stereocenters. The zero-order valence-corrected chi connectivity index (χ0v) is 15.9. The lowest BCUT2D eigenvalue weighted by atomic mass is 10.2. The van der Waals surface area contributed by atoms with Gasteiger partial charge in [-0.05, 0) is 43.7 Å². The second-order valence-corrected chi connectivity index (χ2v) is 7.88. The minimum absolute atomic E-state index is 0.0153. The summed E-state index contributed by atoms with van der Waals surface area (Å²) in [6.07, 6.45) is 5.51. The number of piperazine rings is 1. The number of anilines is 2. The van der Waals surface area contributed by atoms with Crippen LogP contribution in [-0.4, -0.2) is 60.5 Å². The van der Waals surface area contributed by atoms with Crippen molar-refractivity contribution in [3.05, 3.63) is 41.5 Å². The third kappa shape index (κ3) is 4.12. The van der Waals surface area contributed by atoms with Crippen molar-refractivity contribution in [1.82, 2.24) is 15.2 Å². The maximum absolute atomic E-state index is 12.8. The fraction of sp³-hybridized carbons (Fsp3) is 0.421. The van der Waals surface area contributed by atoms with E-state index in [1.807, 2.05) is 29.3 Å². The lowest BCUT2D eigenvalue weighted by Crippen LogP contribution is -2.48. The van der Waals surface area contributed by atoms with Gasteiger partial charge in [-0.1, -0.05) is 0 Å². The van der Waals surface area contributed by atoms with E-state index in [0.717, 1.165) is 43.2 Å². The van der Waals surface area contributed by atoms with Gasteiger partial charge in [-0.3, -0.25) is 14.6 Å². The van der Waals surface area contributed by atoms with Gasteiger partial charge in [0.1, 0.15) is 0 Å². The van der Waals surface area contributed by atoms with Gasteiger partial charge in [0.2, 0.25) is 5.91 Å². The summed E-state index contributed by atoms with van der Waals surface area (Å²) in [4.78, 5) is 33.9. The maximum Gasteiger partial charge on any atom is 0.264 e. The van der Waals surface area contributed by atoms with E-state index in [9.17, 15) is 9.59 Å². The molecule has 0 spiro atoms. The van der Waals surface area contributed by atoms with Gasteiger partial charge in [-0.15, -0.1) is 11.3 Å². The third-order valence-electron chi connectivity index (χ3n) is 5.02. The molecule has 0 saturated carbocycles. The number of hydrogen-bond acceptors (Lipinski definition) is 6. The van der Waals surface area contributed by atoms with Crippen molar-refractivity contribution in [2.45, 2.75) is 18.9 Å². The van der Waals surface area contributed by atoms with E-state index < -0.39 is 0 Å². The molecule has 142 valence electrons. The Kier molecular flexibility index (Phi) is 5.35. The van der Waals surface area contributed by atoms with Crippen LogP contribution < -0.4 is 15.5 Å². The Morgan fingerprint density at radius 1 is 1.19 bits per heavy atom. The topological polar surface area (TPSA) is 77.6 Å². The summed E-state index contributed by atoms with van der Waals surface area (Å²) in [5.74, 6) is 0.0174. The monoisotopic (exact) mass is 385 g/mol. The van der Waals surface area contributed by atoms with Crippen molar-refractivity contribution < 1.29 is 9.59 Å². The fourth-order valence-electron chi connectivity index (χ4n) is 3.50. The molecular weight excluding hydrogens is 362 g/mol. The minimum Gasteiger partial charge on any atom is -0.367 e. The van der Waals surface area contributed by atoms with Crippen LogP contribution >= 0.6 is 11.3 Å². The predicted octanol–water partition coefficient (Wildman–Crippen LogP) is 1.80. The summed E-state index contributed by atoms with van der Waals surface area (Å²) >= 11 is 1.34. The van der Waals surface area contributed by atoms with E-state index >= 15 is 0 Å². The largest absolute Gasteiger partial charge is 0.367 e. The number of nitrogens with zero attached hydrogens (tertiary/aromatic N) is 3. The van der Waals surface area contributed by atoms with Gasteiger partial charge in [0.25, 0.3) is 5.91 Å². The molecule has 0 aliphatic carbocycles. The fourth-order valence-corrected chi connectivity index (χ4v) is 4.38. The highest BCUT2D eigenvalue weighted by atomic mass is 32.1. The Morgan fingerprint density at radius 3 is 2.74 bits per heavy atom. The lowest BCUT2D eigenvalue weighted by Gasteiger charge is -2.35. The molecule has 2 N–H and O–H groups in total. The molecule has 4 heterocycles. The number of thiophene rings is 1. The molecule has 2 aromatic rings. The molecule has 2 aliphatic heterocycles. The van der Waals surface area contributed by atoms with E-state index in [2.05, 4.69) is 20.5 Å². The first kappa shape index (κ1) is 17.9. The smallest absolute Gasteiger partial charge is 0.264 e. The van der Waals surface area contributed by atoms with Crippen LogP contribution in [0.3, 0.4) is 0 Å². The number of pyridine rings is 1. The van der Waals surface area contributed by atoms with Gasteiger partial charge in [0, 0.05) is 32.4 Å². The van der Waals surface area contributed by atoms with Gasteiger partial charge in [-0.25, -0.2) is 0 Å². The molecule has 1 atom stereocenters. The summed E-state index contributed by atoms with van der Waals surface area (Å²) in [7, 11) is 0. The number of carbonyl (C=O) groups is 2. The zero-order chi connectivity index (χ0) is 18.6. The van der Waals surface area contributed by atoms with Crippen molar-refractivity contribution in [3.63, 3.8) is 0 Å². The summed E-state index contributed by atoms with van der Waals surface area (Å²) < 4.78 is 0. The first-order valence-corrected chi connectivity index (χ1v) is 10.1. The molecule has 2 amide bonds. The highest BCUT2D eigenvalue weighted by molar-refractivity contribution is 7.18. The zero-order valence-electron chi connectivity index (χ0n) is 15.1. The molecule has 2 saturated heterocycles. The molecule has 8 heteroatoms. The normalized spacial score (nSPS) is 19.9. The van der Waals surface area contributed by atoms with E-state index in [1.165, 1.54) is 11.3 Å². The molecule has 2 aliphatic rings. The average Bonchev–Trinajstić information content (AvgIpc) is 3.40. The first-order chi connectivity index (χ1) is 13.2. The Morgan fingerprint density at radius 2 is 2.04 bits per heavy atom. The van der Waals surface area contributed by atoms with Gasteiger partial charge in [-0.2, -0.15) is 0 Å². The van der Waals surface area contributed by atoms with E-state index in [1.54, 1.807) is 12.3 Å². The summed E-state index contributed by atoms with van der Waals surface area (Å²) in [6.45, 7) is 3.83. The molecule has 27 heavy (non-hydrogen) atoms. The average molecular weight is 385 g/mol. The van der Waals surface area contributed by atoms with Crippen molar-refractivity contribution in [2.24, 2.45) is 0 Å². The summed E-state index contributed by atoms with van der Waals surface area (Å²) in [6, 6.07) is 7.47. The van der Waals surface area contributed by atoms with Crippen LogP contribution in [0.2, 0.25) is 0 Å². The van der Waals surface area contributed by atoms with E-state index in [-0.39, 0.29) is 17.9 Å². The van der Waals surface area contributed by atoms with Crippen molar-refractivity contribution >= 4 is 33.8 Å². The second kappa shape index (κ2) is 8.06. The summed E-state index contributed by atoms with van der Waals surface area (Å²) in [5, 5.41) is 6.83. The Labute approximate surface area is 162 Å². The van der Waals surface area contributed by atoms with Gasteiger partial charge in [0.15, 0.2) is 0 Å². The summed E-state index contributed by atoms with van der Waals surface area (Å²) in [5.41, 5.74) is 1.09. The highest BCUT2D eigenvalue weighted by Gasteiger charge is 2.25. The lowest BCUT2D eigenvalue weighted by molar-refractivity contribution is -0.117. The van der Waals surface area contributed by atoms with Crippen LogP contribution in [0.25, 0.3) is 0 Å². The van der Waals surface area contributed by atoms with E-state index in [0.29, 0.717) is 18.0 Å². The number of aromatic nitrogens is 1. The molecule has 2 aromatic heterocycles. The SMILES string of the molecule is O=C(Nc1ccc(C(=O)N2CCN(c3cccnc3)CC2)s1)C1CCCN1. The number of carbonyl (C=O) groups excluding carboxylic acids is 2. The van der Waals surface area contributed by atoms with Crippen molar-refractivity contribution in [2.75, 3.05) is 42.9 Å². The van der Waals surface area contributed by atoms with Crippen LogP contribution in [0.4, 0.5) is 10.7 Å². The molecule has 0 aromatic carbocycles. The quantitative estimate of drug-likeness (QED) is 0.839. The number of amides is 2. The molecule has 0 bridgehead atoms. The van der Waals surface area contributed by atoms with Crippen LogP contribution in [-0.2, 0) is 4.79 Å². The number of hydrogen-bond donors (Lipinski definition) is 2. The Balaban J connectivity index is 1.32. The third-order valence-corrected chi connectivity index (χ3v) is 6.01. The van der Waals surface area contributed by atoms with Crippen LogP contribution in [0.15, 0.2) is 36.7 Å². The molecular formula is C19H23N5O2S. The van der Waals surface area contributed by atoms with Crippen LogP contribution in [0, 0.1) is 0 Å². The maximum atomic E-state index is 12.8. The Hall–Kier alpha value is -2.45. The number of nitrogens with one attached hydrogen (secondary N) is 2. The van der Waals surface area contributed by atoms with E-state index in [4.69, 9.17) is 0 Å². The predicted molar refractivity (Wildman–Crippen MR) is 106 cm³/mol. The van der Waals surface area contributed by atoms with Crippen LogP contribution in [0.5, 0.6) is 0 Å². The van der Waals surface area contributed by atoms with Gasteiger partial charge >= 0.3 is 0 Å².